The third kappa shape index (κ3) is 3.97. The summed E-state index contributed by atoms with van der Waals surface area (Å²) in [6, 6.07) is 17.7. The molecule has 0 aliphatic rings. The lowest BCUT2D eigenvalue weighted by atomic mass is 10.3. The number of para-hydroxylation sites is 2. The quantitative estimate of drug-likeness (QED) is 0.786. The molecule has 3 heteroatoms. The first-order valence-corrected chi connectivity index (χ1v) is 6.40. The van der Waals surface area contributed by atoms with Crippen LogP contribution in [0, 0.1) is 0 Å². The van der Waals surface area contributed by atoms with Crippen LogP contribution in [0.4, 0.5) is 5.69 Å². The lowest BCUT2D eigenvalue weighted by Crippen LogP contribution is -2.07. The summed E-state index contributed by atoms with van der Waals surface area (Å²) in [5.74, 6) is 0.749. The summed E-state index contributed by atoms with van der Waals surface area (Å²) in [4.78, 5) is 0. The first-order valence-electron chi connectivity index (χ1n) is 6.02. The second-order valence-corrected chi connectivity index (χ2v) is 4.33. The second kappa shape index (κ2) is 6.92. The second-order valence-electron chi connectivity index (χ2n) is 3.93. The van der Waals surface area contributed by atoms with Gasteiger partial charge >= 0.3 is 0 Å². The average molecular weight is 262 g/mol. The van der Waals surface area contributed by atoms with E-state index in [1.54, 1.807) is 0 Å². The van der Waals surface area contributed by atoms with E-state index in [4.69, 9.17) is 16.3 Å². The van der Waals surface area contributed by atoms with Gasteiger partial charge in [-0.15, -0.1) is 0 Å². The molecule has 0 fully saturated rings. The predicted molar refractivity (Wildman–Crippen MR) is 76.5 cm³/mol. The first-order chi connectivity index (χ1) is 8.86. The molecule has 1 N–H and O–H groups in total. The highest BCUT2D eigenvalue weighted by Gasteiger charge is 1.98. The van der Waals surface area contributed by atoms with Crippen LogP contribution in [0.15, 0.2) is 54.6 Å². The minimum Gasteiger partial charge on any atom is -0.492 e. The van der Waals surface area contributed by atoms with Crippen LogP contribution in [-0.2, 0) is 0 Å². The van der Waals surface area contributed by atoms with Crippen LogP contribution < -0.4 is 10.1 Å². The number of nitrogens with one attached hydrogen (secondary N) is 1. The van der Waals surface area contributed by atoms with E-state index >= 15 is 0 Å². The average Bonchev–Trinajstić information content (AvgIpc) is 2.42. The van der Waals surface area contributed by atoms with Crippen LogP contribution in [0.3, 0.4) is 0 Å². The van der Waals surface area contributed by atoms with Crippen molar-refractivity contribution in [3.63, 3.8) is 0 Å². The monoisotopic (exact) mass is 261 g/mol. The first kappa shape index (κ1) is 12.8. The molecule has 0 aromatic heterocycles. The Balaban J connectivity index is 1.66. The van der Waals surface area contributed by atoms with E-state index < -0.39 is 0 Å². The number of halogens is 1. The van der Waals surface area contributed by atoms with Crippen molar-refractivity contribution in [3.8, 4) is 5.75 Å². The normalized spacial score (nSPS) is 10.1. The summed E-state index contributed by atoms with van der Waals surface area (Å²) >= 11 is 5.99. The molecule has 2 aromatic carbocycles. The fourth-order valence-corrected chi connectivity index (χ4v) is 1.80. The number of anilines is 1. The van der Waals surface area contributed by atoms with Gasteiger partial charge in [-0.25, -0.2) is 0 Å². The van der Waals surface area contributed by atoms with Crippen molar-refractivity contribution >= 4 is 17.3 Å². The number of benzene rings is 2. The molecule has 0 saturated heterocycles. The Kier molecular flexibility index (Phi) is 4.91. The minimum absolute atomic E-state index is 0.656. The molecule has 0 spiro atoms. The zero-order valence-corrected chi connectivity index (χ0v) is 10.9. The molecule has 18 heavy (non-hydrogen) atoms. The molecule has 0 aliphatic heterocycles. The van der Waals surface area contributed by atoms with Crippen molar-refractivity contribution in [2.75, 3.05) is 18.5 Å². The standard InChI is InChI=1S/C15H16ClNO/c16-14-9-4-5-10-15(14)18-12-6-11-17-13-7-2-1-3-8-13/h1-5,7-10,17H,6,11-12H2. The summed E-state index contributed by atoms with van der Waals surface area (Å²) in [6.07, 6.45) is 0.931. The fraction of sp³-hybridized carbons (Fsp3) is 0.200. The molecule has 0 aliphatic carbocycles. The molecular weight excluding hydrogens is 246 g/mol. The summed E-state index contributed by atoms with van der Waals surface area (Å²) < 4.78 is 5.60. The van der Waals surface area contributed by atoms with E-state index in [9.17, 15) is 0 Å². The number of hydrogen-bond donors (Lipinski definition) is 1. The summed E-state index contributed by atoms with van der Waals surface area (Å²) in [5.41, 5.74) is 1.13. The maximum absolute atomic E-state index is 5.99. The molecule has 0 amide bonds. The van der Waals surface area contributed by atoms with Crippen molar-refractivity contribution in [1.29, 1.82) is 0 Å². The molecule has 0 bridgehead atoms. The molecule has 0 heterocycles. The Morgan fingerprint density at radius 1 is 0.944 bits per heavy atom. The van der Waals surface area contributed by atoms with Crippen molar-refractivity contribution < 1.29 is 4.74 Å². The fourth-order valence-electron chi connectivity index (χ4n) is 1.60. The van der Waals surface area contributed by atoms with E-state index in [1.807, 2.05) is 42.5 Å². The predicted octanol–water partition coefficient (Wildman–Crippen LogP) is 4.22. The van der Waals surface area contributed by atoms with E-state index in [-0.39, 0.29) is 0 Å². The molecule has 0 unspecified atom stereocenters. The molecule has 0 atom stereocenters. The zero-order valence-electron chi connectivity index (χ0n) is 10.1. The van der Waals surface area contributed by atoms with Crippen LogP contribution in [0.25, 0.3) is 0 Å². The summed E-state index contributed by atoms with van der Waals surface area (Å²) in [5, 5.41) is 3.99. The van der Waals surface area contributed by atoms with Gasteiger partial charge in [-0.2, -0.15) is 0 Å². The van der Waals surface area contributed by atoms with E-state index in [2.05, 4.69) is 17.4 Å². The highest BCUT2D eigenvalue weighted by molar-refractivity contribution is 6.32. The summed E-state index contributed by atoms with van der Waals surface area (Å²) in [7, 11) is 0. The Hall–Kier alpha value is -1.67. The highest BCUT2D eigenvalue weighted by Crippen LogP contribution is 2.22. The Morgan fingerprint density at radius 3 is 2.44 bits per heavy atom. The number of ether oxygens (including phenoxy) is 1. The third-order valence-electron chi connectivity index (χ3n) is 2.52. The van der Waals surface area contributed by atoms with Gasteiger partial charge in [0.05, 0.1) is 11.6 Å². The molecule has 94 valence electrons. The van der Waals surface area contributed by atoms with E-state index in [0.29, 0.717) is 11.6 Å². The maximum atomic E-state index is 5.99. The van der Waals surface area contributed by atoms with Gasteiger partial charge in [0.15, 0.2) is 0 Å². The van der Waals surface area contributed by atoms with Crippen LogP contribution in [0.1, 0.15) is 6.42 Å². The lowest BCUT2D eigenvalue weighted by Gasteiger charge is -2.09. The van der Waals surface area contributed by atoms with Crippen LogP contribution in [-0.4, -0.2) is 13.2 Å². The van der Waals surface area contributed by atoms with Gasteiger partial charge < -0.3 is 10.1 Å². The smallest absolute Gasteiger partial charge is 0.137 e. The molecular formula is C15H16ClNO. The van der Waals surface area contributed by atoms with Gasteiger partial charge in [-0.3, -0.25) is 0 Å². The molecule has 0 radical (unpaired) electrons. The van der Waals surface area contributed by atoms with Gasteiger partial charge in [0, 0.05) is 12.2 Å². The minimum atomic E-state index is 0.656. The molecule has 0 saturated carbocycles. The van der Waals surface area contributed by atoms with Gasteiger partial charge in [-0.1, -0.05) is 41.9 Å². The Morgan fingerprint density at radius 2 is 1.67 bits per heavy atom. The molecule has 2 nitrogen and oxygen atoms in total. The maximum Gasteiger partial charge on any atom is 0.137 e. The topological polar surface area (TPSA) is 21.3 Å². The van der Waals surface area contributed by atoms with Crippen LogP contribution >= 0.6 is 11.6 Å². The number of hydrogen-bond acceptors (Lipinski definition) is 2. The van der Waals surface area contributed by atoms with Gasteiger partial charge in [0.2, 0.25) is 0 Å². The van der Waals surface area contributed by atoms with Crippen LogP contribution in [0.5, 0.6) is 5.75 Å². The van der Waals surface area contributed by atoms with E-state index in [1.165, 1.54) is 0 Å². The largest absolute Gasteiger partial charge is 0.492 e. The van der Waals surface area contributed by atoms with Gasteiger partial charge in [-0.05, 0) is 30.7 Å². The van der Waals surface area contributed by atoms with Crippen molar-refractivity contribution in [3.05, 3.63) is 59.6 Å². The van der Waals surface area contributed by atoms with Gasteiger partial charge in [0.1, 0.15) is 5.75 Å². The van der Waals surface area contributed by atoms with Crippen molar-refractivity contribution in [2.45, 2.75) is 6.42 Å². The van der Waals surface area contributed by atoms with Gasteiger partial charge in [0.25, 0.3) is 0 Å². The highest BCUT2D eigenvalue weighted by atomic mass is 35.5. The van der Waals surface area contributed by atoms with Crippen molar-refractivity contribution in [2.24, 2.45) is 0 Å². The van der Waals surface area contributed by atoms with Crippen LogP contribution in [0.2, 0.25) is 5.02 Å². The Labute approximate surface area is 113 Å². The molecule has 2 rings (SSSR count). The summed E-state index contributed by atoms with van der Waals surface area (Å²) in [6.45, 7) is 1.54. The third-order valence-corrected chi connectivity index (χ3v) is 2.83. The zero-order chi connectivity index (χ0) is 12.6. The van der Waals surface area contributed by atoms with Crippen molar-refractivity contribution in [1.82, 2.24) is 0 Å². The molecule has 2 aromatic rings. The Bertz CT molecular complexity index is 473. The SMILES string of the molecule is Clc1ccccc1OCCCNc1ccccc1. The number of rotatable bonds is 6. The van der Waals surface area contributed by atoms with E-state index in [0.717, 1.165) is 24.4 Å². The lowest BCUT2D eigenvalue weighted by molar-refractivity contribution is 0.315.